The number of ether oxygens (including phenoxy) is 1. The number of benzene rings is 2. The van der Waals surface area contributed by atoms with Crippen LogP contribution in [0.25, 0.3) is 0 Å². The van der Waals surface area contributed by atoms with Crippen molar-refractivity contribution in [3.8, 4) is 11.5 Å². The predicted octanol–water partition coefficient (Wildman–Crippen LogP) is 4.71. The van der Waals surface area contributed by atoms with Crippen molar-refractivity contribution in [2.24, 2.45) is 0 Å². The number of hydrogen-bond donors (Lipinski definition) is 1. The van der Waals surface area contributed by atoms with E-state index in [2.05, 4.69) is 0 Å². The molecule has 2 aromatic carbocycles. The molecule has 0 aliphatic carbocycles. The molecule has 0 radical (unpaired) electrons. The summed E-state index contributed by atoms with van der Waals surface area (Å²) in [5.41, 5.74) is -1.16. The first-order valence-electron chi connectivity index (χ1n) is 6.62. The molecule has 2 aromatic rings. The number of aliphatic carboxylic acids is 1. The zero-order valence-corrected chi connectivity index (χ0v) is 12.2. The van der Waals surface area contributed by atoms with Crippen molar-refractivity contribution in [2.75, 3.05) is 0 Å². The van der Waals surface area contributed by atoms with Gasteiger partial charge in [-0.25, -0.2) is 8.78 Å². The Labute approximate surface area is 133 Å². The number of carboxylic acids is 1. The quantitative estimate of drug-likeness (QED) is 0.816. The summed E-state index contributed by atoms with van der Waals surface area (Å²) in [6, 6.07) is 4.02. The molecule has 3 nitrogen and oxygen atoms in total. The number of carboxylic acid groups (broad SMARTS) is 1. The Morgan fingerprint density at radius 1 is 1.08 bits per heavy atom. The van der Waals surface area contributed by atoms with Crippen LogP contribution in [-0.4, -0.2) is 11.1 Å². The fourth-order valence-corrected chi connectivity index (χ4v) is 2.04. The first kappa shape index (κ1) is 17.7. The normalized spacial score (nSPS) is 11.4. The molecule has 0 bridgehead atoms. The molecule has 0 atom stereocenters. The zero-order valence-electron chi connectivity index (χ0n) is 12.2. The van der Waals surface area contributed by atoms with Gasteiger partial charge in [-0.3, -0.25) is 4.79 Å². The van der Waals surface area contributed by atoms with Crippen molar-refractivity contribution >= 4 is 5.97 Å². The minimum Gasteiger partial charge on any atom is -0.481 e. The van der Waals surface area contributed by atoms with Crippen LogP contribution in [0.1, 0.15) is 16.7 Å². The summed E-state index contributed by atoms with van der Waals surface area (Å²) in [4.78, 5) is 10.6. The van der Waals surface area contributed by atoms with Gasteiger partial charge in [-0.1, -0.05) is 0 Å². The molecule has 0 unspecified atom stereocenters. The molecular formula is C16H11F5O3. The molecule has 0 aliphatic heterocycles. The van der Waals surface area contributed by atoms with Gasteiger partial charge in [0.1, 0.15) is 11.6 Å². The third-order valence-electron chi connectivity index (χ3n) is 3.05. The number of hydrogen-bond acceptors (Lipinski definition) is 2. The minimum absolute atomic E-state index is 0.225. The topological polar surface area (TPSA) is 46.5 Å². The molecule has 0 fully saturated rings. The highest BCUT2D eigenvalue weighted by Gasteiger charge is 2.31. The Kier molecular flexibility index (Phi) is 4.77. The summed E-state index contributed by atoms with van der Waals surface area (Å²) >= 11 is 0. The largest absolute Gasteiger partial charge is 0.481 e. The van der Waals surface area contributed by atoms with E-state index in [1.807, 2.05) is 0 Å². The Morgan fingerprint density at radius 2 is 1.75 bits per heavy atom. The van der Waals surface area contributed by atoms with Crippen molar-refractivity contribution in [3.63, 3.8) is 0 Å². The molecule has 0 aromatic heterocycles. The number of halogens is 5. The summed E-state index contributed by atoms with van der Waals surface area (Å²) < 4.78 is 70.9. The maximum absolute atomic E-state index is 13.9. The lowest BCUT2D eigenvalue weighted by Crippen LogP contribution is -2.06. The Balaban J connectivity index is 2.36. The highest BCUT2D eigenvalue weighted by molar-refractivity contribution is 5.70. The lowest BCUT2D eigenvalue weighted by Gasteiger charge is -2.13. The average Bonchev–Trinajstić information content (AvgIpc) is 2.42. The van der Waals surface area contributed by atoms with Gasteiger partial charge in [0.05, 0.1) is 12.0 Å². The van der Waals surface area contributed by atoms with Gasteiger partial charge >= 0.3 is 12.1 Å². The molecule has 0 amide bonds. The van der Waals surface area contributed by atoms with Crippen LogP contribution in [0.4, 0.5) is 22.0 Å². The van der Waals surface area contributed by atoms with Gasteiger partial charge in [-0.15, -0.1) is 0 Å². The van der Waals surface area contributed by atoms with E-state index in [4.69, 9.17) is 9.84 Å². The molecule has 1 N–H and O–H groups in total. The molecule has 24 heavy (non-hydrogen) atoms. The summed E-state index contributed by atoms with van der Waals surface area (Å²) in [7, 11) is 0. The van der Waals surface area contributed by atoms with Crippen molar-refractivity contribution < 1.29 is 36.6 Å². The second-order valence-corrected chi connectivity index (χ2v) is 5.08. The first-order valence-corrected chi connectivity index (χ1v) is 6.62. The molecule has 0 saturated carbocycles. The summed E-state index contributed by atoms with van der Waals surface area (Å²) in [6.45, 7) is 1.40. The van der Waals surface area contributed by atoms with Crippen molar-refractivity contribution in [2.45, 2.75) is 19.5 Å². The first-order chi connectivity index (χ1) is 11.1. The molecule has 2 rings (SSSR count). The summed E-state index contributed by atoms with van der Waals surface area (Å²) in [5.74, 6) is -4.41. The molecular weight excluding hydrogens is 335 g/mol. The Bertz CT molecular complexity index is 784. The molecule has 0 heterocycles. The molecule has 0 aliphatic rings. The maximum atomic E-state index is 13.9. The third kappa shape index (κ3) is 4.21. The Morgan fingerprint density at radius 3 is 2.33 bits per heavy atom. The van der Waals surface area contributed by atoms with Crippen LogP contribution in [0.15, 0.2) is 30.3 Å². The van der Waals surface area contributed by atoms with E-state index in [9.17, 15) is 26.7 Å². The standard InChI is InChI=1S/C16H11F5O3/c1-8-2-10(16(19,20)21)6-11(3-8)24-14-7-12(17)9(4-13(14)18)5-15(22)23/h2-4,6-7H,5H2,1H3,(H,22,23). The Hall–Kier alpha value is -2.64. The molecule has 0 spiro atoms. The van der Waals surface area contributed by atoms with Gasteiger partial charge in [-0.2, -0.15) is 13.2 Å². The zero-order chi connectivity index (χ0) is 18.1. The van der Waals surface area contributed by atoms with Gasteiger partial charge in [0.25, 0.3) is 0 Å². The fourth-order valence-electron chi connectivity index (χ4n) is 2.04. The van der Waals surface area contributed by atoms with E-state index in [1.54, 1.807) is 0 Å². The van der Waals surface area contributed by atoms with Gasteiger partial charge in [0, 0.05) is 11.6 Å². The lowest BCUT2D eigenvalue weighted by atomic mass is 10.1. The highest BCUT2D eigenvalue weighted by Crippen LogP contribution is 2.35. The SMILES string of the molecule is Cc1cc(Oc2cc(F)c(CC(=O)O)cc2F)cc(C(F)(F)F)c1. The average molecular weight is 346 g/mol. The van der Waals surface area contributed by atoms with Gasteiger partial charge < -0.3 is 9.84 Å². The smallest absolute Gasteiger partial charge is 0.416 e. The van der Waals surface area contributed by atoms with Crippen LogP contribution in [0.5, 0.6) is 11.5 Å². The van der Waals surface area contributed by atoms with Crippen molar-refractivity contribution in [3.05, 3.63) is 58.7 Å². The monoisotopic (exact) mass is 346 g/mol. The van der Waals surface area contributed by atoms with Crippen LogP contribution in [-0.2, 0) is 17.4 Å². The van der Waals surface area contributed by atoms with E-state index < -0.39 is 47.1 Å². The van der Waals surface area contributed by atoms with Gasteiger partial charge in [0.2, 0.25) is 0 Å². The van der Waals surface area contributed by atoms with E-state index in [-0.39, 0.29) is 11.3 Å². The second-order valence-electron chi connectivity index (χ2n) is 5.08. The van der Waals surface area contributed by atoms with Crippen molar-refractivity contribution in [1.82, 2.24) is 0 Å². The summed E-state index contributed by atoms with van der Waals surface area (Å²) in [6.07, 6.45) is -5.34. The van der Waals surface area contributed by atoms with Gasteiger partial charge in [0.15, 0.2) is 11.6 Å². The lowest BCUT2D eigenvalue weighted by molar-refractivity contribution is -0.138. The van der Waals surface area contributed by atoms with Crippen molar-refractivity contribution in [1.29, 1.82) is 0 Å². The molecule has 128 valence electrons. The maximum Gasteiger partial charge on any atom is 0.416 e. The number of aryl methyl sites for hydroxylation is 1. The third-order valence-corrected chi connectivity index (χ3v) is 3.05. The van der Waals surface area contributed by atoms with E-state index in [1.165, 1.54) is 13.0 Å². The number of rotatable bonds is 4. The van der Waals surface area contributed by atoms with Crippen LogP contribution in [0, 0.1) is 18.6 Å². The second kappa shape index (κ2) is 6.46. The highest BCUT2D eigenvalue weighted by atomic mass is 19.4. The summed E-state index contributed by atoms with van der Waals surface area (Å²) in [5, 5.41) is 8.60. The van der Waals surface area contributed by atoms with E-state index in [0.717, 1.165) is 6.07 Å². The fraction of sp³-hybridized carbons (Fsp3) is 0.188. The number of alkyl halides is 3. The molecule has 0 saturated heterocycles. The van der Waals surface area contributed by atoms with Crippen LogP contribution in [0.2, 0.25) is 0 Å². The predicted molar refractivity (Wildman–Crippen MR) is 74.0 cm³/mol. The van der Waals surface area contributed by atoms with E-state index in [0.29, 0.717) is 18.2 Å². The van der Waals surface area contributed by atoms with Gasteiger partial charge in [-0.05, 0) is 36.8 Å². The number of carbonyl (C=O) groups is 1. The minimum atomic E-state index is -4.61. The van der Waals surface area contributed by atoms with Crippen LogP contribution < -0.4 is 4.74 Å². The van der Waals surface area contributed by atoms with E-state index >= 15 is 0 Å². The van der Waals surface area contributed by atoms with Crippen LogP contribution in [0.3, 0.4) is 0 Å². The molecule has 8 heteroatoms. The van der Waals surface area contributed by atoms with Crippen LogP contribution >= 0.6 is 0 Å².